The first-order chi connectivity index (χ1) is 20.2. The van der Waals surface area contributed by atoms with Crippen LogP contribution in [-0.2, 0) is 17.7 Å². The maximum absolute atomic E-state index is 13.7. The molecule has 1 unspecified atom stereocenters. The summed E-state index contributed by atoms with van der Waals surface area (Å²) in [5.74, 6) is 0.412. The van der Waals surface area contributed by atoms with Gasteiger partial charge in [0.15, 0.2) is 0 Å². The van der Waals surface area contributed by atoms with E-state index in [-0.39, 0.29) is 36.4 Å². The van der Waals surface area contributed by atoms with Gasteiger partial charge in [0.2, 0.25) is 0 Å². The minimum Gasteiger partial charge on any atom is -0.467 e. The number of nitrogens with one attached hydrogen (secondary N) is 2. The molecule has 8 nitrogen and oxygen atoms in total. The van der Waals surface area contributed by atoms with Gasteiger partial charge in [-0.2, -0.15) is 0 Å². The summed E-state index contributed by atoms with van der Waals surface area (Å²) in [7, 11) is 0. The third kappa shape index (κ3) is 6.42. The van der Waals surface area contributed by atoms with Crippen molar-refractivity contribution in [1.29, 1.82) is 0 Å². The zero-order valence-corrected chi connectivity index (χ0v) is 25.0. The highest BCUT2D eigenvalue weighted by molar-refractivity contribution is 6.11. The van der Waals surface area contributed by atoms with Gasteiger partial charge in [-0.05, 0) is 68.4 Å². The Kier molecular flexibility index (Phi) is 9.09. The summed E-state index contributed by atoms with van der Waals surface area (Å²) in [5.41, 5.74) is 3.81. The van der Waals surface area contributed by atoms with Crippen LogP contribution in [0.2, 0.25) is 0 Å². The summed E-state index contributed by atoms with van der Waals surface area (Å²) in [5, 5.41) is 5.96. The van der Waals surface area contributed by atoms with E-state index in [4.69, 9.17) is 14.1 Å². The molecular weight excluding hydrogens is 530 g/mol. The number of nitrogens with zero attached hydrogens (tertiary/aromatic N) is 1. The van der Waals surface area contributed by atoms with Gasteiger partial charge in [0, 0.05) is 11.1 Å². The van der Waals surface area contributed by atoms with E-state index >= 15 is 0 Å². The first kappa shape index (κ1) is 29.5. The Morgan fingerprint density at radius 1 is 1.05 bits per heavy atom. The lowest BCUT2D eigenvalue weighted by atomic mass is 9.84. The number of aryl methyl sites for hydroxylation is 1. The third-order valence-corrected chi connectivity index (χ3v) is 8.28. The monoisotopic (exact) mass is 571 g/mol. The zero-order chi connectivity index (χ0) is 29.8. The second-order valence-corrected chi connectivity index (χ2v) is 12.1. The topological polar surface area (TPSA) is 111 Å². The van der Waals surface area contributed by atoms with Crippen LogP contribution in [0.15, 0.2) is 47.1 Å². The lowest BCUT2D eigenvalue weighted by Crippen LogP contribution is -2.23. The summed E-state index contributed by atoms with van der Waals surface area (Å²) in [6.45, 7) is 8.02. The highest BCUT2D eigenvalue weighted by Gasteiger charge is 2.39. The van der Waals surface area contributed by atoms with Gasteiger partial charge in [0.1, 0.15) is 5.76 Å². The number of fused-ring (bicyclic) bond motifs is 1. The van der Waals surface area contributed by atoms with Crippen molar-refractivity contribution in [3.63, 3.8) is 0 Å². The highest BCUT2D eigenvalue weighted by Crippen LogP contribution is 2.40. The van der Waals surface area contributed by atoms with E-state index in [1.54, 1.807) is 42.7 Å². The summed E-state index contributed by atoms with van der Waals surface area (Å²) in [4.78, 5) is 45.1. The molecule has 0 spiro atoms. The fraction of sp³-hybridized carbons (Fsp3) is 0.471. The molecule has 1 saturated carbocycles. The molecule has 0 bridgehead atoms. The van der Waals surface area contributed by atoms with E-state index in [2.05, 4.69) is 24.5 Å². The molecule has 42 heavy (non-hydrogen) atoms. The predicted molar refractivity (Wildman–Crippen MR) is 160 cm³/mol. The Balaban J connectivity index is 1.57. The van der Waals surface area contributed by atoms with Crippen molar-refractivity contribution < 1.29 is 23.5 Å². The number of rotatable bonds is 10. The molecule has 1 aliphatic heterocycles. The molecule has 222 valence electrons. The van der Waals surface area contributed by atoms with Crippen molar-refractivity contribution in [2.24, 2.45) is 11.8 Å². The lowest BCUT2D eigenvalue weighted by molar-refractivity contribution is 0.0376. The van der Waals surface area contributed by atoms with E-state index < -0.39 is 5.97 Å². The Hall–Kier alpha value is -3.94. The van der Waals surface area contributed by atoms with Crippen LogP contribution in [0.4, 0.5) is 0 Å². The van der Waals surface area contributed by atoms with Crippen LogP contribution in [0, 0.1) is 11.8 Å². The van der Waals surface area contributed by atoms with Crippen molar-refractivity contribution >= 4 is 17.8 Å². The van der Waals surface area contributed by atoms with Crippen LogP contribution in [0.25, 0.3) is 11.1 Å². The standard InChI is InChI=1S/C34H41N3O5/c1-20(2)30-31-29(33(39)37-30)27(23-13-15-24(16-14-23)32(38)35-19-25-11-8-18-41-25)28(34(40)42-21(3)4)26(36-31)17-12-22-9-6-5-7-10-22/h8,11,13-16,18,20-22,30H,5-7,9-10,12,17,19H2,1-4H3,(H,35,38)(H,37,39). The highest BCUT2D eigenvalue weighted by atomic mass is 16.5. The minimum absolute atomic E-state index is 0.121. The molecule has 2 aromatic heterocycles. The quantitative estimate of drug-likeness (QED) is 0.259. The van der Waals surface area contributed by atoms with E-state index in [9.17, 15) is 14.4 Å². The number of benzene rings is 1. The summed E-state index contributed by atoms with van der Waals surface area (Å²) >= 11 is 0. The normalized spacial score (nSPS) is 16.9. The molecule has 3 aromatic rings. The van der Waals surface area contributed by atoms with Crippen LogP contribution in [0.5, 0.6) is 0 Å². The van der Waals surface area contributed by atoms with Gasteiger partial charge in [-0.3, -0.25) is 14.6 Å². The summed E-state index contributed by atoms with van der Waals surface area (Å²) < 4.78 is 11.1. The second kappa shape index (κ2) is 12.9. The molecule has 0 radical (unpaired) electrons. The summed E-state index contributed by atoms with van der Waals surface area (Å²) in [6, 6.07) is 10.3. The molecule has 2 N–H and O–H groups in total. The molecular formula is C34H41N3O5. The van der Waals surface area contributed by atoms with Gasteiger partial charge in [-0.15, -0.1) is 0 Å². The molecule has 1 fully saturated rings. The van der Waals surface area contributed by atoms with Crippen molar-refractivity contribution in [3.8, 4) is 11.1 Å². The molecule has 1 aromatic carbocycles. The molecule has 1 atom stereocenters. The number of furan rings is 1. The number of carbonyl (C=O) groups excluding carboxylic acids is 3. The van der Waals surface area contributed by atoms with Gasteiger partial charge >= 0.3 is 5.97 Å². The van der Waals surface area contributed by atoms with Crippen LogP contribution >= 0.6 is 0 Å². The second-order valence-electron chi connectivity index (χ2n) is 12.1. The van der Waals surface area contributed by atoms with Gasteiger partial charge in [-0.25, -0.2) is 4.79 Å². The van der Waals surface area contributed by atoms with E-state index in [0.29, 0.717) is 57.3 Å². The molecule has 0 saturated heterocycles. The first-order valence-electron chi connectivity index (χ1n) is 15.2. The number of carbonyl (C=O) groups is 3. The number of hydrogen-bond donors (Lipinski definition) is 2. The maximum Gasteiger partial charge on any atom is 0.340 e. The van der Waals surface area contributed by atoms with Crippen molar-refractivity contribution in [2.45, 2.75) is 91.3 Å². The first-order valence-corrected chi connectivity index (χ1v) is 15.2. The van der Waals surface area contributed by atoms with Gasteiger partial charge in [-0.1, -0.05) is 58.1 Å². The predicted octanol–water partition coefficient (Wildman–Crippen LogP) is 6.79. The van der Waals surface area contributed by atoms with Crippen molar-refractivity contribution in [2.75, 3.05) is 0 Å². The fourth-order valence-electron chi connectivity index (χ4n) is 6.12. The largest absolute Gasteiger partial charge is 0.467 e. The molecule has 2 amide bonds. The van der Waals surface area contributed by atoms with Crippen molar-refractivity contribution in [1.82, 2.24) is 15.6 Å². The lowest BCUT2D eigenvalue weighted by Gasteiger charge is -2.23. The Labute approximate surface area is 247 Å². The van der Waals surface area contributed by atoms with Crippen LogP contribution in [-0.4, -0.2) is 28.9 Å². The molecule has 1 aliphatic carbocycles. The number of ether oxygens (including phenoxy) is 1. The smallest absolute Gasteiger partial charge is 0.340 e. The average Bonchev–Trinajstić information content (AvgIpc) is 3.62. The Bertz CT molecular complexity index is 1420. The molecule has 3 heterocycles. The maximum atomic E-state index is 13.7. The number of amides is 2. The number of hydrogen-bond acceptors (Lipinski definition) is 6. The summed E-state index contributed by atoms with van der Waals surface area (Å²) in [6.07, 6.45) is 8.97. The Morgan fingerprint density at radius 3 is 2.43 bits per heavy atom. The SMILES string of the molecule is CC(C)OC(=O)c1c(CCC2CCCCC2)nc2c(c1-c1ccc(C(=O)NCc3ccco3)cc1)C(=O)NC2C(C)C. The number of aromatic nitrogens is 1. The third-order valence-electron chi connectivity index (χ3n) is 8.28. The van der Waals surface area contributed by atoms with Crippen LogP contribution in [0.3, 0.4) is 0 Å². The van der Waals surface area contributed by atoms with Gasteiger partial charge in [0.25, 0.3) is 11.8 Å². The molecule has 2 aliphatic rings. The van der Waals surface area contributed by atoms with Gasteiger partial charge in [0.05, 0.1) is 47.5 Å². The van der Waals surface area contributed by atoms with Crippen LogP contribution in [0.1, 0.15) is 120 Å². The van der Waals surface area contributed by atoms with Gasteiger partial charge < -0.3 is 19.8 Å². The Morgan fingerprint density at radius 2 is 1.79 bits per heavy atom. The zero-order valence-electron chi connectivity index (χ0n) is 25.0. The van der Waals surface area contributed by atoms with Crippen LogP contribution < -0.4 is 10.6 Å². The molecule has 5 rings (SSSR count). The van der Waals surface area contributed by atoms with E-state index in [0.717, 1.165) is 6.42 Å². The number of esters is 1. The fourth-order valence-corrected chi connectivity index (χ4v) is 6.12. The average molecular weight is 572 g/mol. The van der Waals surface area contributed by atoms with Crippen molar-refractivity contribution in [3.05, 3.63) is 76.5 Å². The minimum atomic E-state index is -0.477. The number of pyridine rings is 1. The van der Waals surface area contributed by atoms with E-state index in [1.165, 1.54) is 32.1 Å². The molecule has 8 heteroatoms. The van der Waals surface area contributed by atoms with E-state index in [1.807, 2.05) is 13.8 Å².